The molecule has 2 unspecified atom stereocenters. The largest absolute Gasteiger partial charge is 0.480 e. The van der Waals surface area contributed by atoms with E-state index in [2.05, 4.69) is 0 Å². The van der Waals surface area contributed by atoms with Crippen LogP contribution in [-0.2, 0) is 20.4 Å². The molecule has 0 aromatic heterocycles. The Morgan fingerprint density at radius 2 is 1.94 bits per heavy atom. The van der Waals surface area contributed by atoms with Gasteiger partial charge in [0.1, 0.15) is 6.04 Å². The molecule has 16 heavy (non-hydrogen) atoms. The third-order valence-electron chi connectivity index (χ3n) is 2.07. The number of nitrogens with zero attached hydrogens (tertiary/aromatic N) is 1. The molecule has 1 aliphatic heterocycles. The first-order valence-corrected chi connectivity index (χ1v) is 5.68. The number of carbonyl (C=O) groups excluding carboxylic acids is 1. The summed E-state index contributed by atoms with van der Waals surface area (Å²) in [6.07, 6.45) is -5.10. The Morgan fingerprint density at radius 1 is 1.38 bits per heavy atom. The lowest BCUT2D eigenvalue weighted by Crippen LogP contribution is -2.56. The van der Waals surface area contributed by atoms with Crippen LogP contribution >= 0.6 is 0 Å². The van der Waals surface area contributed by atoms with Crippen molar-refractivity contribution in [1.29, 1.82) is 0 Å². The first-order valence-electron chi connectivity index (χ1n) is 4.19. The normalized spacial score (nSPS) is 26.6. The van der Waals surface area contributed by atoms with E-state index < -0.39 is 47.2 Å². The number of aliphatic carboxylic acids is 1. The van der Waals surface area contributed by atoms with Crippen LogP contribution in [0.3, 0.4) is 0 Å². The van der Waals surface area contributed by atoms with Crippen LogP contribution < -0.4 is 0 Å². The molecule has 1 rings (SSSR count). The lowest BCUT2D eigenvalue weighted by atomic mass is 10.2. The SMILES string of the molecule is O=C(O)C1CS(=O)CCN1C(=O)C(F)(F)F. The second kappa shape index (κ2) is 4.40. The molecule has 0 saturated carbocycles. The molecule has 0 radical (unpaired) electrons. The Labute approximate surface area is 90.7 Å². The molecule has 1 N–H and O–H groups in total. The van der Waals surface area contributed by atoms with E-state index in [1.807, 2.05) is 0 Å². The van der Waals surface area contributed by atoms with Crippen LogP contribution in [0.5, 0.6) is 0 Å². The highest BCUT2D eigenvalue weighted by Crippen LogP contribution is 2.22. The molecule has 0 aromatic carbocycles. The number of amides is 1. The Bertz CT molecular complexity index is 343. The van der Waals surface area contributed by atoms with Crippen LogP contribution in [0.1, 0.15) is 0 Å². The number of carbonyl (C=O) groups is 2. The smallest absolute Gasteiger partial charge is 0.471 e. The summed E-state index contributed by atoms with van der Waals surface area (Å²) in [6, 6.07) is -1.66. The summed E-state index contributed by atoms with van der Waals surface area (Å²) in [4.78, 5) is 21.7. The van der Waals surface area contributed by atoms with Crippen molar-refractivity contribution in [2.75, 3.05) is 18.1 Å². The van der Waals surface area contributed by atoms with Gasteiger partial charge in [-0.25, -0.2) is 4.79 Å². The molecule has 0 aromatic rings. The van der Waals surface area contributed by atoms with Crippen molar-refractivity contribution in [2.45, 2.75) is 12.2 Å². The zero-order chi connectivity index (χ0) is 12.5. The minimum Gasteiger partial charge on any atom is -0.480 e. The zero-order valence-electron chi connectivity index (χ0n) is 7.86. The highest BCUT2D eigenvalue weighted by Gasteiger charge is 2.47. The van der Waals surface area contributed by atoms with E-state index in [0.29, 0.717) is 0 Å². The van der Waals surface area contributed by atoms with E-state index in [9.17, 15) is 27.0 Å². The quantitative estimate of drug-likeness (QED) is 0.695. The summed E-state index contributed by atoms with van der Waals surface area (Å²) in [7, 11) is -1.50. The summed E-state index contributed by atoms with van der Waals surface area (Å²) < 4.78 is 47.3. The average Bonchev–Trinajstić information content (AvgIpc) is 2.15. The molecule has 0 spiro atoms. The number of hydrogen-bond acceptors (Lipinski definition) is 3. The van der Waals surface area contributed by atoms with Crippen LogP contribution in [0, 0.1) is 0 Å². The van der Waals surface area contributed by atoms with Crippen molar-refractivity contribution >= 4 is 22.7 Å². The predicted octanol–water partition coefficient (Wildman–Crippen LogP) is -0.407. The van der Waals surface area contributed by atoms with Crippen molar-refractivity contribution in [3.63, 3.8) is 0 Å². The second-order valence-electron chi connectivity index (χ2n) is 3.16. The molecule has 2 atom stereocenters. The fourth-order valence-electron chi connectivity index (χ4n) is 1.32. The van der Waals surface area contributed by atoms with Gasteiger partial charge >= 0.3 is 18.1 Å². The molecule has 5 nitrogen and oxygen atoms in total. The molecule has 1 amide bonds. The number of hydrogen-bond donors (Lipinski definition) is 1. The number of rotatable bonds is 1. The summed E-state index contributed by atoms with van der Waals surface area (Å²) in [6.45, 7) is -0.456. The standard InChI is InChI=1S/C7H8F3NO4S/c8-7(9,10)6(14)11-1-2-16(15)3-4(11)5(12)13/h4H,1-3H2,(H,12,13). The van der Waals surface area contributed by atoms with Gasteiger partial charge in [0.15, 0.2) is 0 Å². The maximum absolute atomic E-state index is 12.1. The third-order valence-corrected chi connectivity index (χ3v) is 3.39. The monoisotopic (exact) mass is 259 g/mol. The van der Waals surface area contributed by atoms with Gasteiger partial charge in [-0.3, -0.25) is 9.00 Å². The third kappa shape index (κ3) is 2.71. The van der Waals surface area contributed by atoms with Crippen LogP contribution in [0.25, 0.3) is 0 Å². The van der Waals surface area contributed by atoms with Crippen molar-refractivity contribution in [2.24, 2.45) is 0 Å². The molecule has 1 saturated heterocycles. The van der Waals surface area contributed by atoms with E-state index >= 15 is 0 Å². The Kier molecular flexibility index (Phi) is 3.56. The van der Waals surface area contributed by atoms with Gasteiger partial charge in [-0.1, -0.05) is 0 Å². The van der Waals surface area contributed by atoms with Crippen molar-refractivity contribution < 1.29 is 32.1 Å². The predicted molar refractivity (Wildman–Crippen MR) is 47.1 cm³/mol. The highest BCUT2D eigenvalue weighted by molar-refractivity contribution is 7.85. The first kappa shape index (κ1) is 12.9. The fraction of sp³-hybridized carbons (Fsp3) is 0.714. The molecule has 9 heteroatoms. The number of carboxylic acids is 1. The second-order valence-corrected chi connectivity index (χ2v) is 4.78. The van der Waals surface area contributed by atoms with Gasteiger partial charge in [0.25, 0.3) is 0 Å². The van der Waals surface area contributed by atoms with Gasteiger partial charge in [-0.05, 0) is 0 Å². The lowest BCUT2D eigenvalue weighted by molar-refractivity contribution is -0.189. The van der Waals surface area contributed by atoms with Gasteiger partial charge in [0.2, 0.25) is 0 Å². The Balaban J connectivity index is 2.89. The summed E-state index contributed by atoms with van der Waals surface area (Å²) in [5.41, 5.74) is 0. The molecule has 0 aliphatic carbocycles. The Hall–Kier alpha value is -1.12. The Morgan fingerprint density at radius 3 is 2.38 bits per heavy atom. The van der Waals surface area contributed by atoms with E-state index in [-0.39, 0.29) is 10.7 Å². The molecular formula is C7H8F3NO4S. The van der Waals surface area contributed by atoms with Crippen molar-refractivity contribution in [3.8, 4) is 0 Å². The van der Waals surface area contributed by atoms with E-state index in [0.717, 1.165) is 0 Å². The van der Waals surface area contributed by atoms with Gasteiger partial charge < -0.3 is 10.0 Å². The minimum atomic E-state index is -5.10. The van der Waals surface area contributed by atoms with E-state index in [1.165, 1.54) is 0 Å². The first-order chi connectivity index (χ1) is 7.23. The number of alkyl halides is 3. The van der Waals surface area contributed by atoms with Crippen LogP contribution in [0.15, 0.2) is 0 Å². The van der Waals surface area contributed by atoms with Crippen LogP contribution in [0.4, 0.5) is 13.2 Å². The topological polar surface area (TPSA) is 74.7 Å². The minimum absolute atomic E-state index is 0.133. The van der Waals surface area contributed by atoms with E-state index in [4.69, 9.17) is 5.11 Å². The molecular weight excluding hydrogens is 251 g/mol. The molecule has 1 fully saturated rings. The fourth-order valence-corrected chi connectivity index (χ4v) is 2.56. The lowest BCUT2D eigenvalue weighted by Gasteiger charge is -2.32. The molecule has 1 aliphatic rings. The van der Waals surface area contributed by atoms with Crippen molar-refractivity contribution in [3.05, 3.63) is 0 Å². The van der Waals surface area contributed by atoms with Gasteiger partial charge in [-0.2, -0.15) is 13.2 Å². The highest BCUT2D eigenvalue weighted by atomic mass is 32.2. The molecule has 0 bridgehead atoms. The maximum Gasteiger partial charge on any atom is 0.471 e. The van der Waals surface area contributed by atoms with Gasteiger partial charge in [0.05, 0.1) is 5.75 Å². The summed E-state index contributed by atoms with van der Waals surface area (Å²) >= 11 is 0. The molecule has 1 heterocycles. The summed E-state index contributed by atoms with van der Waals surface area (Å²) in [5.74, 6) is -4.37. The van der Waals surface area contributed by atoms with Crippen LogP contribution in [0.2, 0.25) is 0 Å². The molecule has 92 valence electrons. The summed E-state index contributed by atoms with van der Waals surface area (Å²) in [5, 5.41) is 8.65. The van der Waals surface area contributed by atoms with E-state index in [1.54, 1.807) is 0 Å². The van der Waals surface area contributed by atoms with Gasteiger partial charge in [-0.15, -0.1) is 0 Å². The van der Waals surface area contributed by atoms with Crippen molar-refractivity contribution in [1.82, 2.24) is 4.90 Å². The zero-order valence-corrected chi connectivity index (χ0v) is 8.68. The van der Waals surface area contributed by atoms with Gasteiger partial charge in [0, 0.05) is 23.1 Å². The van der Waals surface area contributed by atoms with Crippen LogP contribution in [-0.4, -0.2) is 56.4 Å². The number of carboxylic acid groups (broad SMARTS) is 1. The maximum atomic E-state index is 12.1. The average molecular weight is 259 g/mol. The number of halogens is 3.